The maximum Gasteiger partial charge on any atom is 0.231 e. The molecule has 140 valence electrons. The molecule has 1 aromatic heterocycles. The fraction of sp³-hybridized carbons (Fsp3) is 0.312. The van der Waals surface area contributed by atoms with Crippen LogP contribution >= 0.6 is 0 Å². The molecule has 0 bridgehead atoms. The second-order valence-corrected chi connectivity index (χ2v) is 9.81. The van der Waals surface area contributed by atoms with E-state index in [0.717, 1.165) is 0 Å². The summed E-state index contributed by atoms with van der Waals surface area (Å²) in [6.07, 6.45) is 2.93. The maximum atomic E-state index is 13.2. The van der Waals surface area contributed by atoms with E-state index in [0.29, 0.717) is 17.1 Å². The van der Waals surface area contributed by atoms with Gasteiger partial charge in [0.25, 0.3) is 0 Å². The Morgan fingerprint density at radius 3 is 2.62 bits per heavy atom. The van der Waals surface area contributed by atoms with Crippen molar-refractivity contribution in [2.45, 2.75) is 17.1 Å². The van der Waals surface area contributed by atoms with Gasteiger partial charge in [-0.2, -0.15) is 0 Å². The lowest BCUT2D eigenvalue weighted by Gasteiger charge is -2.18. The average molecular weight is 398 g/mol. The van der Waals surface area contributed by atoms with E-state index in [2.05, 4.69) is 9.71 Å². The predicted molar refractivity (Wildman–Crippen MR) is 94.2 cm³/mol. The summed E-state index contributed by atoms with van der Waals surface area (Å²) in [6.45, 7) is 1.22. The fourth-order valence-corrected chi connectivity index (χ4v) is 4.88. The fourth-order valence-electron chi connectivity index (χ4n) is 2.50. The number of pyridine rings is 1. The number of nitrogens with one attached hydrogen (secondary N) is 1. The van der Waals surface area contributed by atoms with Crippen molar-refractivity contribution in [1.82, 2.24) is 9.71 Å². The van der Waals surface area contributed by atoms with Crippen LogP contribution in [-0.2, 0) is 19.9 Å². The quantitative estimate of drug-likeness (QED) is 0.747. The largest absolute Gasteiger partial charge is 0.454 e. The van der Waals surface area contributed by atoms with Crippen LogP contribution in [-0.4, -0.2) is 40.9 Å². The van der Waals surface area contributed by atoms with Gasteiger partial charge in [0.2, 0.25) is 16.8 Å². The minimum absolute atomic E-state index is 0.0197. The van der Waals surface area contributed by atoms with Gasteiger partial charge >= 0.3 is 0 Å². The van der Waals surface area contributed by atoms with Crippen molar-refractivity contribution >= 4 is 19.9 Å². The molecule has 8 nitrogen and oxygen atoms in total. The van der Waals surface area contributed by atoms with Crippen molar-refractivity contribution in [3.05, 3.63) is 48.3 Å². The first-order chi connectivity index (χ1) is 12.3. The van der Waals surface area contributed by atoms with E-state index in [1.165, 1.54) is 37.5 Å². The number of nitrogens with zero attached hydrogens (tertiary/aromatic N) is 1. The molecule has 0 amide bonds. The van der Waals surface area contributed by atoms with Gasteiger partial charge in [0.1, 0.15) is 5.25 Å². The number of hydrogen-bond acceptors (Lipinski definition) is 7. The molecule has 0 unspecified atom stereocenters. The Balaban J connectivity index is 1.99. The van der Waals surface area contributed by atoms with Gasteiger partial charge in [-0.3, -0.25) is 4.98 Å². The Bertz CT molecular complexity index is 991. The Labute approximate surface area is 152 Å². The van der Waals surface area contributed by atoms with E-state index in [-0.39, 0.29) is 24.0 Å². The van der Waals surface area contributed by atoms with Crippen molar-refractivity contribution < 1.29 is 26.3 Å². The SMILES string of the molecule is CCS(=O)(=O)NC[C@H](c1cccnc1)S(=O)(=O)c1ccc2c(c1)OCO2. The predicted octanol–water partition coefficient (Wildman–Crippen LogP) is 1.26. The van der Waals surface area contributed by atoms with Gasteiger partial charge in [-0.25, -0.2) is 21.6 Å². The van der Waals surface area contributed by atoms with Crippen LogP contribution in [0.4, 0.5) is 0 Å². The summed E-state index contributed by atoms with van der Waals surface area (Å²) in [4.78, 5) is 3.97. The summed E-state index contributed by atoms with van der Waals surface area (Å²) in [6, 6.07) is 7.52. The van der Waals surface area contributed by atoms with Crippen molar-refractivity contribution in [1.29, 1.82) is 0 Å². The van der Waals surface area contributed by atoms with Crippen molar-refractivity contribution in [3.8, 4) is 11.5 Å². The minimum Gasteiger partial charge on any atom is -0.454 e. The van der Waals surface area contributed by atoms with Crippen LogP contribution in [0.25, 0.3) is 0 Å². The standard InChI is InChI=1S/C16H18N2O6S2/c1-2-25(19,20)18-10-16(12-4-3-7-17-9-12)26(21,22)13-5-6-14-15(8-13)24-11-23-14/h3-9,16,18H,2,10-11H2,1H3/t16-/m1/s1. The molecule has 1 aliphatic heterocycles. The van der Waals surface area contributed by atoms with Crippen LogP contribution in [0.2, 0.25) is 0 Å². The van der Waals surface area contributed by atoms with Crippen LogP contribution in [0.1, 0.15) is 17.7 Å². The van der Waals surface area contributed by atoms with E-state index in [9.17, 15) is 16.8 Å². The van der Waals surface area contributed by atoms with E-state index in [4.69, 9.17) is 9.47 Å². The molecule has 26 heavy (non-hydrogen) atoms. The Morgan fingerprint density at radius 1 is 1.15 bits per heavy atom. The van der Waals surface area contributed by atoms with Gasteiger partial charge in [-0.15, -0.1) is 0 Å². The summed E-state index contributed by atoms with van der Waals surface area (Å²) < 4.78 is 62.7. The highest BCUT2D eigenvalue weighted by atomic mass is 32.2. The number of hydrogen-bond donors (Lipinski definition) is 1. The van der Waals surface area contributed by atoms with Crippen molar-refractivity contribution in [2.75, 3.05) is 19.1 Å². The normalized spacial score (nSPS) is 15.0. The molecule has 0 saturated heterocycles. The first-order valence-corrected chi connectivity index (χ1v) is 11.0. The Morgan fingerprint density at radius 2 is 1.92 bits per heavy atom. The molecule has 0 saturated carbocycles. The second-order valence-electron chi connectivity index (χ2n) is 5.59. The zero-order chi connectivity index (χ0) is 18.8. The molecular formula is C16H18N2O6S2. The number of rotatable bonds is 7. The second kappa shape index (κ2) is 7.22. The van der Waals surface area contributed by atoms with Gasteiger partial charge in [-0.1, -0.05) is 6.07 Å². The number of sulfonamides is 1. The highest BCUT2D eigenvalue weighted by molar-refractivity contribution is 7.92. The smallest absolute Gasteiger partial charge is 0.231 e. The first-order valence-electron chi connectivity index (χ1n) is 7.84. The van der Waals surface area contributed by atoms with E-state index in [1.807, 2.05) is 0 Å². The van der Waals surface area contributed by atoms with Gasteiger partial charge in [0.05, 0.1) is 10.6 Å². The maximum absolute atomic E-state index is 13.2. The zero-order valence-corrected chi connectivity index (χ0v) is 15.6. The lowest BCUT2D eigenvalue weighted by Crippen LogP contribution is -2.33. The lowest BCUT2D eigenvalue weighted by molar-refractivity contribution is 0.174. The molecule has 1 atom stereocenters. The van der Waals surface area contributed by atoms with Crippen LogP contribution in [0.15, 0.2) is 47.6 Å². The summed E-state index contributed by atoms with van der Waals surface area (Å²) in [5.74, 6) is 0.662. The molecule has 1 aliphatic rings. The zero-order valence-electron chi connectivity index (χ0n) is 14.0. The number of benzene rings is 1. The Hall–Kier alpha value is -2.17. The number of ether oxygens (including phenoxy) is 2. The topological polar surface area (TPSA) is 112 Å². The molecule has 10 heteroatoms. The minimum atomic E-state index is -3.91. The summed E-state index contributed by atoms with van der Waals surface area (Å²) in [5, 5.41) is -1.13. The van der Waals surface area contributed by atoms with E-state index >= 15 is 0 Å². The molecule has 0 fully saturated rings. The van der Waals surface area contributed by atoms with E-state index in [1.54, 1.807) is 12.1 Å². The third-order valence-electron chi connectivity index (χ3n) is 3.97. The molecular weight excluding hydrogens is 380 g/mol. The average Bonchev–Trinajstić information content (AvgIpc) is 3.10. The lowest BCUT2D eigenvalue weighted by atomic mass is 10.2. The molecule has 3 rings (SSSR count). The van der Waals surface area contributed by atoms with Crippen LogP contribution in [0.3, 0.4) is 0 Å². The molecule has 1 N–H and O–H groups in total. The van der Waals surface area contributed by atoms with Gasteiger partial charge in [-0.05, 0) is 30.7 Å². The number of fused-ring (bicyclic) bond motifs is 1. The van der Waals surface area contributed by atoms with Crippen molar-refractivity contribution in [2.24, 2.45) is 0 Å². The summed E-state index contributed by atoms with van der Waals surface area (Å²) in [5.41, 5.74) is 0.393. The molecule has 0 spiro atoms. The Kier molecular flexibility index (Phi) is 5.17. The summed E-state index contributed by atoms with van der Waals surface area (Å²) >= 11 is 0. The highest BCUT2D eigenvalue weighted by Gasteiger charge is 2.32. The molecule has 0 radical (unpaired) electrons. The van der Waals surface area contributed by atoms with Crippen LogP contribution in [0.5, 0.6) is 11.5 Å². The molecule has 1 aromatic carbocycles. The van der Waals surface area contributed by atoms with Crippen LogP contribution in [0, 0.1) is 0 Å². The van der Waals surface area contributed by atoms with Crippen molar-refractivity contribution in [3.63, 3.8) is 0 Å². The van der Waals surface area contributed by atoms with Gasteiger partial charge in [0, 0.05) is 25.0 Å². The molecule has 2 heterocycles. The summed E-state index contributed by atoms with van der Waals surface area (Å²) in [7, 11) is -7.46. The first kappa shape index (κ1) is 18.6. The van der Waals surface area contributed by atoms with E-state index < -0.39 is 25.1 Å². The third kappa shape index (κ3) is 3.81. The van der Waals surface area contributed by atoms with Gasteiger partial charge in [0.15, 0.2) is 21.3 Å². The third-order valence-corrected chi connectivity index (χ3v) is 7.44. The molecule has 0 aliphatic carbocycles. The number of sulfone groups is 1. The van der Waals surface area contributed by atoms with Gasteiger partial charge < -0.3 is 9.47 Å². The van der Waals surface area contributed by atoms with Crippen LogP contribution < -0.4 is 14.2 Å². The number of aromatic nitrogens is 1. The highest BCUT2D eigenvalue weighted by Crippen LogP contribution is 2.37. The monoisotopic (exact) mass is 398 g/mol. The molecule has 2 aromatic rings.